The van der Waals surface area contributed by atoms with Gasteiger partial charge in [0.1, 0.15) is 11.3 Å². The number of carboxylic acid groups (broad SMARTS) is 1. The van der Waals surface area contributed by atoms with Crippen molar-refractivity contribution in [1.29, 1.82) is 0 Å². The second kappa shape index (κ2) is 4.63. The standard InChI is InChI=1S/C14H14N2O4/c1-2-20-10-6-7-16-12(11(10)14(18)19)15-9-5-3-4-8(9)13(16)17/h6-7H,2-5H2,1H3,(H,18,19). The number of carbonyl (C=O) groups is 1. The van der Waals surface area contributed by atoms with Crippen molar-refractivity contribution >= 4 is 11.6 Å². The van der Waals surface area contributed by atoms with E-state index >= 15 is 0 Å². The second-order valence-electron chi connectivity index (χ2n) is 4.68. The van der Waals surface area contributed by atoms with E-state index in [1.807, 2.05) is 0 Å². The minimum Gasteiger partial charge on any atom is -0.493 e. The van der Waals surface area contributed by atoms with Gasteiger partial charge >= 0.3 is 5.97 Å². The summed E-state index contributed by atoms with van der Waals surface area (Å²) in [6, 6.07) is 1.50. The third kappa shape index (κ3) is 1.76. The van der Waals surface area contributed by atoms with Crippen LogP contribution in [0.1, 0.15) is 35.0 Å². The molecule has 0 fully saturated rings. The number of ether oxygens (including phenoxy) is 1. The van der Waals surface area contributed by atoms with E-state index in [0.29, 0.717) is 24.3 Å². The molecule has 2 aromatic rings. The van der Waals surface area contributed by atoms with Crippen molar-refractivity contribution < 1.29 is 14.6 Å². The quantitative estimate of drug-likeness (QED) is 0.911. The Kier molecular flexibility index (Phi) is 2.93. The molecule has 0 bridgehead atoms. The van der Waals surface area contributed by atoms with Crippen LogP contribution in [0, 0.1) is 0 Å². The summed E-state index contributed by atoms with van der Waals surface area (Å²) in [4.78, 5) is 28.2. The lowest BCUT2D eigenvalue weighted by Gasteiger charge is -2.11. The molecule has 6 heteroatoms. The third-order valence-electron chi connectivity index (χ3n) is 3.49. The molecule has 2 heterocycles. The van der Waals surface area contributed by atoms with Crippen LogP contribution in [0.3, 0.4) is 0 Å². The van der Waals surface area contributed by atoms with Crippen LogP contribution < -0.4 is 10.3 Å². The van der Waals surface area contributed by atoms with E-state index in [0.717, 1.165) is 12.8 Å². The predicted molar refractivity (Wildman–Crippen MR) is 71.6 cm³/mol. The van der Waals surface area contributed by atoms with Gasteiger partial charge in [-0.3, -0.25) is 9.20 Å². The Morgan fingerprint density at radius 3 is 3.00 bits per heavy atom. The highest BCUT2D eigenvalue weighted by atomic mass is 16.5. The largest absolute Gasteiger partial charge is 0.493 e. The molecule has 0 aromatic carbocycles. The van der Waals surface area contributed by atoms with Crippen LogP contribution >= 0.6 is 0 Å². The lowest BCUT2D eigenvalue weighted by molar-refractivity contribution is 0.0694. The minimum absolute atomic E-state index is 0.0545. The third-order valence-corrected chi connectivity index (χ3v) is 3.49. The summed E-state index contributed by atoms with van der Waals surface area (Å²) >= 11 is 0. The highest BCUT2D eigenvalue weighted by Gasteiger charge is 2.23. The molecule has 0 spiro atoms. The van der Waals surface area contributed by atoms with Gasteiger partial charge in [-0.05, 0) is 32.3 Å². The Morgan fingerprint density at radius 1 is 1.50 bits per heavy atom. The molecule has 0 saturated heterocycles. The van der Waals surface area contributed by atoms with Crippen LogP contribution in [0.15, 0.2) is 17.1 Å². The topological polar surface area (TPSA) is 80.9 Å². The van der Waals surface area contributed by atoms with Crippen LogP contribution in [0.4, 0.5) is 0 Å². The van der Waals surface area contributed by atoms with Crippen molar-refractivity contribution in [3.63, 3.8) is 0 Å². The number of pyridine rings is 1. The monoisotopic (exact) mass is 274 g/mol. The lowest BCUT2D eigenvalue weighted by atomic mass is 10.2. The van der Waals surface area contributed by atoms with Crippen molar-refractivity contribution in [1.82, 2.24) is 9.38 Å². The highest BCUT2D eigenvalue weighted by Crippen LogP contribution is 2.24. The fourth-order valence-corrected chi connectivity index (χ4v) is 2.63. The molecule has 20 heavy (non-hydrogen) atoms. The number of aromatic nitrogens is 2. The number of aryl methyl sites for hydroxylation is 1. The maximum absolute atomic E-state index is 12.4. The Bertz CT molecular complexity index is 764. The second-order valence-corrected chi connectivity index (χ2v) is 4.68. The smallest absolute Gasteiger partial charge is 0.343 e. The van der Waals surface area contributed by atoms with Gasteiger partial charge in [0.15, 0.2) is 5.65 Å². The molecule has 0 radical (unpaired) electrons. The highest BCUT2D eigenvalue weighted by molar-refractivity contribution is 5.97. The van der Waals surface area contributed by atoms with Crippen LogP contribution in [-0.4, -0.2) is 27.1 Å². The molecule has 1 N–H and O–H groups in total. The first-order valence-electron chi connectivity index (χ1n) is 6.56. The van der Waals surface area contributed by atoms with E-state index in [-0.39, 0.29) is 22.5 Å². The maximum Gasteiger partial charge on any atom is 0.343 e. The van der Waals surface area contributed by atoms with Crippen LogP contribution in [0.25, 0.3) is 5.65 Å². The molecule has 1 aliphatic carbocycles. The van der Waals surface area contributed by atoms with E-state index in [1.165, 1.54) is 16.7 Å². The summed E-state index contributed by atoms with van der Waals surface area (Å²) in [7, 11) is 0. The molecule has 1 aliphatic rings. The number of aromatic carboxylic acids is 1. The molecule has 104 valence electrons. The fourth-order valence-electron chi connectivity index (χ4n) is 2.63. The normalized spacial score (nSPS) is 13.4. The molecule has 0 atom stereocenters. The van der Waals surface area contributed by atoms with E-state index in [4.69, 9.17) is 4.74 Å². The SMILES string of the molecule is CCOc1ccn2c(=O)c3c(nc2c1C(=O)O)CCC3. The van der Waals surface area contributed by atoms with Gasteiger partial charge in [0.25, 0.3) is 5.56 Å². The Morgan fingerprint density at radius 2 is 2.30 bits per heavy atom. The summed E-state index contributed by atoms with van der Waals surface area (Å²) < 4.78 is 6.63. The zero-order chi connectivity index (χ0) is 14.3. The number of hydrogen-bond acceptors (Lipinski definition) is 4. The molecular weight excluding hydrogens is 260 g/mol. The van der Waals surface area contributed by atoms with Crippen LogP contribution in [-0.2, 0) is 12.8 Å². The van der Waals surface area contributed by atoms with Crippen LogP contribution in [0.2, 0.25) is 0 Å². The number of rotatable bonds is 3. The first-order chi connectivity index (χ1) is 9.63. The molecule has 0 amide bonds. The van der Waals surface area contributed by atoms with Gasteiger partial charge in [-0.1, -0.05) is 0 Å². The van der Waals surface area contributed by atoms with Crippen molar-refractivity contribution in [2.45, 2.75) is 26.2 Å². The lowest BCUT2D eigenvalue weighted by Crippen LogP contribution is -2.22. The molecule has 3 rings (SSSR count). The summed E-state index contributed by atoms with van der Waals surface area (Å²) in [6.45, 7) is 2.13. The number of carboxylic acids is 1. The molecule has 2 aromatic heterocycles. The minimum atomic E-state index is -1.14. The Labute approximate surface area is 114 Å². The number of nitrogens with zero attached hydrogens (tertiary/aromatic N) is 2. The Balaban J connectivity index is 2.39. The molecule has 0 saturated carbocycles. The maximum atomic E-state index is 12.4. The summed E-state index contributed by atoms with van der Waals surface area (Å²) in [5.74, 6) is -0.902. The molecule has 6 nitrogen and oxygen atoms in total. The van der Waals surface area contributed by atoms with Crippen molar-refractivity contribution in [3.8, 4) is 5.75 Å². The van der Waals surface area contributed by atoms with Gasteiger partial charge < -0.3 is 9.84 Å². The fraction of sp³-hybridized carbons (Fsp3) is 0.357. The van der Waals surface area contributed by atoms with Gasteiger partial charge in [0.05, 0.1) is 12.3 Å². The number of fused-ring (bicyclic) bond motifs is 2. The van der Waals surface area contributed by atoms with E-state index in [2.05, 4.69) is 4.98 Å². The van der Waals surface area contributed by atoms with Crippen molar-refractivity contribution in [2.75, 3.05) is 6.61 Å². The first-order valence-corrected chi connectivity index (χ1v) is 6.56. The summed E-state index contributed by atoms with van der Waals surface area (Å²) in [6.07, 6.45) is 3.84. The Hall–Kier alpha value is -2.37. The van der Waals surface area contributed by atoms with Gasteiger partial charge in [-0.15, -0.1) is 0 Å². The van der Waals surface area contributed by atoms with Crippen LogP contribution in [0.5, 0.6) is 5.75 Å². The van der Waals surface area contributed by atoms with E-state index < -0.39 is 5.97 Å². The number of hydrogen-bond donors (Lipinski definition) is 1. The van der Waals surface area contributed by atoms with Gasteiger partial charge in [-0.25, -0.2) is 9.78 Å². The average Bonchev–Trinajstić information content (AvgIpc) is 2.87. The van der Waals surface area contributed by atoms with Gasteiger partial charge in [0, 0.05) is 11.8 Å². The molecule has 0 aliphatic heterocycles. The van der Waals surface area contributed by atoms with E-state index in [9.17, 15) is 14.7 Å². The summed E-state index contributed by atoms with van der Waals surface area (Å²) in [5, 5.41) is 9.39. The zero-order valence-corrected chi connectivity index (χ0v) is 11.0. The zero-order valence-electron chi connectivity index (χ0n) is 11.0. The molecule has 0 unspecified atom stereocenters. The van der Waals surface area contributed by atoms with Crippen molar-refractivity contribution in [3.05, 3.63) is 39.4 Å². The first kappa shape index (κ1) is 12.7. The molecular formula is C14H14N2O4. The van der Waals surface area contributed by atoms with Crippen molar-refractivity contribution in [2.24, 2.45) is 0 Å². The van der Waals surface area contributed by atoms with Gasteiger partial charge in [0.2, 0.25) is 0 Å². The van der Waals surface area contributed by atoms with E-state index in [1.54, 1.807) is 6.92 Å². The summed E-state index contributed by atoms with van der Waals surface area (Å²) in [5.41, 5.74) is 1.34. The van der Waals surface area contributed by atoms with Gasteiger partial charge in [-0.2, -0.15) is 0 Å². The predicted octanol–water partition coefficient (Wildman–Crippen LogP) is 1.28. The average molecular weight is 274 g/mol.